The third-order valence-corrected chi connectivity index (χ3v) is 7.83. The Balaban J connectivity index is 1.58. The summed E-state index contributed by atoms with van der Waals surface area (Å²) in [6.45, 7) is 10.8. The molecule has 0 unspecified atom stereocenters. The molecule has 0 amide bonds. The number of aryl methyl sites for hydroxylation is 1. The smallest absolute Gasteiger partial charge is 0.0891 e. The highest BCUT2D eigenvalue weighted by atomic mass is 79.9. The molecule has 1 heterocycles. The molecule has 178 valence electrons. The third kappa shape index (κ3) is 4.60. The number of nitrogens with zero attached hydrogens (tertiary/aromatic N) is 1. The molecule has 0 aromatic heterocycles. The molecule has 4 aromatic carbocycles. The van der Waals surface area contributed by atoms with Gasteiger partial charge >= 0.3 is 0 Å². The van der Waals surface area contributed by atoms with Gasteiger partial charge < -0.3 is 9.64 Å². The third-order valence-electron chi connectivity index (χ3n) is 6.78. The minimum absolute atomic E-state index is 0.272. The Kier molecular flexibility index (Phi) is 6.19. The van der Waals surface area contributed by atoms with E-state index in [4.69, 9.17) is 4.74 Å². The highest BCUT2D eigenvalue weighted by Gasteiger charge is 2.42. The molecule has 0 saturated heterocycles. The number of fused-ring (bicyclic) bond motifs is 1. The van der Waals surface area contributed by atoms with Gasteiger partial charge in [0.15, 0.2) is 0 Å². The van der Waals surface area contributed by atoms with Crippen molar-refractivity contribution in [3.8, 4) is 11.1 Å². The first-order chi connectivity index (χ1) is 16.5. The Hall–Kier alpha value is -2.40. The topological polar surface area (TPSA) is 12.5 Å². The van der Waals surface area contributed by atoms with Crippen LogP contribution in [0.4, 0.5) is 17.1 Å². The standard InChI is InChI=1S/C31H29Br2NO/c1-20-18-26(34(24-11-7-22(32)8-12-24)25-13-9-23(33)10-14-25)15-16-27(20)21-6-17-28-29(19-21)31(4,5)35-30(28,2)3/h6-19H,1-5H3. The number of hydrogen-bond donors (Lipinski definition) is 0. The second-order valence-electron chi connectivity index (χ2n) is 10.2. The molecule has 0 N–H and O–H groups in total. The van der Waals surface area contributed by atoms with Gasteiger partial charge in [-0.3, -0.25) is 0 Å². The number of anilines is 3. The summed E-state index contributed by atoms with van der Waals surface area (Å²) in [5.74, 6) is 0. The van der Waals surface area contributed by atoms with Gasteiger partial charge in [-0.05, 0) is 129 Å². The summed E-state index contributed by atoms with van der Waals surface area (Å²) in [5, 5.41) is 0. The van der Waals surface area contributed by atoms with Crippen LogP contribution in [0.15, 0.2) is 93.9 Å². The van der Waals surface area contributed by atoms with Crippen LogP contribution in [0.5, 0.6) is 0 Å². The van der Waals surface area contributed by atoms with Gasteiger partial charge in [-0.2, -0.15) is 0 Å². The maximum atomic E-state index is 6.38. The molecular weight excluding hydrogens is 562 g/mol. The molecule has 4 heteroatoms. The monoisotopic (exact) mass is 589 g/mol. The van der Waals surface area contributed by atoms with Crippen molar-refractivity contribution in [3.63, 3.8) is 0 Å². The highest BCUT2D eigenvalue weighted by molar-refractivity contribution is 9.10. The summed E-state index contributed by atoms with van der Waals surface area (Å²) in [7, 11) is 0. The molecule has 4 aromatic rings. The van der Waals surface area contributed by atoms with E-state index in [0.29, 0.717) is 0 Å². The fourth-order valence-corrected chi connectivity index (χ4v) is 5.75. The zero-order valence-electron chi connectivity index (χ0n) is 20.7. The van der Waals surface area contributed by atoms with Crippen LogP contribution in [0.25, 0.3) is 11.1 Å². The number of benzene rings is 4. The van der Waals surface area contributed by atoms with Crippen molar-refractivity contribution in [3.05, 3.63) is 111 Å². The lowest BCUT2D eigenvalue weighted by Gasteiger charge is -2.26. The van der Waals surface area contributed by atoms with Gasteiger partial charge in [0.2, 0.25) is 0 Å². The number of hydrogen-bond acceptors (Lipinski definition) is 2. The Morgan fingerprint density at radius 1 is 0.600 bits per heavy atom. The van der Waals surface area contributed by atoms with Crippen LogP contribution in [0.3, 0.4) is 0 Å². The molecule has 1 aliphatic rings. The molecule has 0 radical (unpaired) electrons. The quantitative estimate of drug-likeness (QED) is 0.234. The number of rotatable bonds is 4. The van der Waals surface area contributed by atoms with E-state index in [9.17, 15) is 0 Å². The lowest BCUT2D eigenvalue weighted by atomic mass is 9.87. The molecule has 5 rings (SSSR count). The van der Waals surface area contributed by atoms with Crippen molar-refractivity contribution in [2.75, 3.05) is 4.90 Å². The number of ether oxygens (including phenoxy) is 1. The first-order valence-electron chi connectivity index (χ1n) is 11.8. The average Bonchev–Trinajstić information content (AvgIpc) is 3.00. The second-order valence-corrected chi connectivity index (χ2v) is 12.0. The maximum Gasteiger partial charge on any atom is 0.0891 e. The number of halogens is 2. The van der Waals surface area contributed by atoms with Gasteiger partial charge in [-0.15, -0.1) is 0 Å². The maximum absolute atomic E-state index is 6.38. The zero-order chi connectivity index (χ0) is 25.0. The zero-order valence-corrected chi connectivity index (χ0v) is 23.9. The van der Waals surface area contributed by atoms with E-state index in [1.165, 1.54) is 27.8 Å². The average molecular weight is 591 g/mol. The van der Waals surface area contributed by atoms with E-state index in [2.05, 4.69) is 156 Å². The van der Waals surface area contributed by atoms with Crippen molar-refractivity contribution in [1.82, 2.24) is 0 Å². The molecular formula is C31H29Br2NO. The van der Waals surface area contributed by atoms with Crippen LogP contribution in [0.2, 0.25) is 0 Å². The molecule has 0 fully saturated rings. The van der Waals surface area contributed by atoms with Gasteiger partial charge in [0.05, 0.1) is 11.2 Å². The fourth-order valence-electron chi connectivity index (χ4n) is 5.22. The summed E-state index contributed by atoms with van der Waals surface area (Å²) >= 11 is 7.13. The van der Waals surface area contributed by atoms with Crippen LogP contribution in [-0.2, 0) is 15.9 Å². The predicted octanol–water partition coefficient (Wildman–Crippen LogP) is 10.2. The molecule has 0 bridgehead atoms. The summed E-state index contributed by atoms with van der Waals surface area (Å²) in [6, 6.07) is 30.4. The van der Waals surface area contributed by atoms with Gasteiger partial charge in [-0.1, -0.05) is 50.1 Å². The van der Waals surface area contributed by atoms with Crippen LogP contribution >= 0.6 is 31.9 Å². The van der Waals surface area contributed by atoms with Gasteiger partial charge in [0.1, 0.15) is 0 Å². The van der Waals surface area contributed by atoms with Crippen LogP contribution in [0.1, 0.15) is 44.4 Å². The van der Waals surface area contributed by atoms with Crippen LogP contribution < -0.4 is 4.90 Å². The molecule has 0 spiro atoms. The van der Waals surface area contributed by atoms with Crippen molar-refractivity contribution < 1.29 is 4.74 Å². The van der Waals surface area contributed by atoms with E-state index in [1.54, 1.807) is 0 Å². The first-order valence-corrected chi connectivity index (χ1v) is 13.4. The Morgan fingerprint density at radius 2 is 1.11 bits per heavy atom. The van der Waals surface area contributed by atoms with Gasteiger partial charge in [0.25, 0.3) is 0 Å². The van der Waals surface area contributed by atoms with E-state index in [1.807, 2.05) is 0 Å². The normalized spacial score (nSPS) is 15.6. The summed E-state index contributed by atoms with van der Waals surface area (Å²) in [5.41, 5.74) is 9.02. The van der Waals surface area contributed by atoms with E-state index in [-0.39, 0.29) is 11.2 Å². The Labute approximate surface area is 225 Å². The molecule has 1 aliphatic heterocycles. The molecule has 0 aliphatic carbocycles. The molecule has 2 nitrogen and oxygen atoms in total. The SMILES string of the molecule is Cc1cc(N(c2ccc(Br)cc2)c2ccc(Br)cc2)ccc1-c1ccc2c(c1)C(C)(C)OC2(C)C. The van der Waals surface area contributed by atoms with Gasteiger partial charge in [-0.25, -0.2) is 0 Å². The fraction of sp³-hybridized carbons (Fsp3) is 0.226. The van der Waals surface area contributed by atoms with Crippen molar-refractivity contribution >= 4 is 48.9 Å². The second kappa shape index (κ2) is 8.92. The highest BCUT2D eigenvalue weighted by Crippen LogP contribution is 2.48. The molecule has 0 atom stereocenters. The van der Waals surface area contributed by atoms with E-state index >= 15 is 0 Å². The molecule has 0 saturated carbocycles. The largest absolute Gasteiger partial charge is 0.360 e. The first kappa shape index (κ1) is 24.3. The molecule has 35 heavy (non-hydrogen) atoms. The minimum atomic E-state index is -0.303. The van der Waals surface area contributed by atoms with Crippen molar-refractivity contribution in [2.45, 2.75) is 45.8 Å². The van der Waals surface area contributed by atoms with Crippen LogP contribution in [-0.4, -0.2) is 0 Å². The Bertz CT molecular complexity index is 1340. The van der Waals surface area contributed by atoms with Crippen molar-refractivity contribution in [1.29, 1.82) is 0 Å². The lowest BCUT2D eigenvalue weighted by Crippen LogP contribution is -2.22. The predicted molar refractivity (Wildman–Crippen MR) is 154 cm³/mol. The summed E-state index contributed by atoms with van der Waals surface area (Å²) < 4.78 is 8.51. The van der Waals surface area contributed by atoms with Gasteiger partial charge in [0, 0.05) is 26.0 Å². The Morgan fingerprint density at radius 3 is 1.66 bits per heavy atom. The van der Waals surface area contributed by atoms with Crippen LogP contribution in [0, 0.1) is 6.92 Å². The van der Waals surface area contributed by atoms with E-state index in [0.717, 1.165) is 26.0 Å². The summed E-state index contributed by atoms with van der Waals surface area (Å²) in [4.78, 5) is 2.29. The minimum Gasteiger partial charge on any atom is -0.360 e. The summed E-state index contributed by atoms with van der Waals surface area (Å²) in [6.07, 6.45) is 0. The lowest BCUT2D eigenvalue weighted by molar-refractivity contribution is -0.105. The van der Waals surface area contributed by atoms with Crippen molar-refractivity contribution in [2.24, 2.45) is 0 Å². The van der Waals surface area contributed by atoms with E-state index < -0.39 is 0 Å².